The van der Waals surface area contributed by atoms with E-state index in [0.717, 1.165) is 12.6 Å². The second kappa shape index (κ2) is 6.53. The Hall–Kier alpha value is -1.38. The molecule has 0 bridgehead atoms. The lowest BCUT2D eigenvalue weighted by Crippen LogP contribution is -2.17. The molecule has 0 aliphatic heterocycles. The highest BCUT2D eigenvalue weighted by atomic mass is 35.5. The minimum atomic E-state index is -4.72. The van der Waals surface area contributed by atoms with Crippen molar-refractivity contribution in [3.8, 4) is 17.6 Å². The van der Waals surface area contributed by atoms with Gasteiger partial charge in [0.2, 0.25) is 0 Å². The SMILES string of the molecule is CNCCC#Cc1ccc(OC(F)(F)F)cc1Cl. The normalized spacial score (nSPS) is 10.7. The molecule has 0 fully saturated rings. The van der Waals surface area contributed by atoms with Gasteiger partial charge in [-0.15, -0.1) is 13.2 Å². The average molecular weight is 278 g/mol. The second-order valence-electron chi connectivity index (χ2n) is 3.34. The molecule has 2 nitrogen and oxygen atoms in total. The summed E-state index contributed by atoms with van der Waals surface area (Å²) < 4.78 is 39.6. The van der Waals surface area contributed by atoms with Crippen LogP contribution in [0.15, 0.2) is 18.2 Å². The molecule has 1 N–H and O–H groups in total. The summed E-state index contributed by atoms with van der Waals surface area (Å²) in [6, 6.07) is 3.67. The maximum Gasteiger partial charge on any atom is 0.573 e. The Balaban J connectivity index is 2.76. The molecule has 98 valence electrons. The zero-order valence-corrected chi connectivity index (χ0v) is 10.3. The highest BCUT2D eigenvalue weighted by molar-refractivity contribution is 6.31. The smallest absolute Gasteiger partial charge is 0.406 e. The van der Waals surface area contributed by atoms with Crippen LogP contribution >= 0.6 is 11.6 Å². The Kier molecular flexibility index (Phi) is 5.32. The van der Waals surface area contributed by atoms with Crippen molar-refractivity contribution in [1.82, 2.24) is 5.32 Å². The Bertz CT molecular complexity index is 463. The summed E-state index contributed by atoms with van der Waals surface area (Å²) in [5.74, 6) is 5.28. The van der Waals surface area contributed by atoms with Crippen LogP contribution in [0.25, 0.3) is 0 Å². The minimum absolute atomic E-state index is 0.133. The summed E-state index contributed by atoms with van der Waals surface area (Å²) in [5, 5.41) is 3.06. The number of rotatable bonds is 3. The van der Waals surface area contributed by atoms with Crippen LogP contribution in [-0.2, 0) is 0 Å². The fourth-order valence-electron chi connectivity index (χ4n) is 1.14. The van der Waals surface area contributed by atoms with Crippen LogP contribution in [0.3, 0.4) is 0 Å². The predicted molar refractivity (Wildman–Crippen MR) is 63.6 cm³/mol. The molecule has 0 aromatic heterocycles. The summed E-state index contributed by atoms with van der Waals surface area (Å²) in [4.78, 5) is 0. The van der Waals surface area contributed by atoms with E-state index in [0.29, 0.717) is 12.0 Å². The van der Waals surface area contributed by atoms with Crippen LogP contribution in [0.5, 0.6) is 5.75 Å². The lowest BCUT2D eigenvalue weighted by atomic mass is 10.2. The zero-order valence-electron chi connectivity index (χ0n) is 9.57. The topological polar surface area (TPSA) is 21.3 Å². The van der Waals surface area contributed by atoms with Crippen molar-refractivity contribution in [2.75, 3.05) is 13.6 Å². The number of nitrogens with one attached hydrogen (secondary N) is 1. The minimum Gasteiger partial charge on any atom is -0.406 e. The Morgan fingerprint density at radius 1 is 1.39 bits per heavy atom. The largest absolute Gasteiger partial charge is 0.573 e. The first-order valence-corrected chi connectivity index (χ1v) is 5.49. The molecule has 0 atom stereocenters. The fraction of sp³-hybridized carbons (Fsp3) is 0.333. The van der Waals surface area contributed by atoms with Crippen molar-refractivity contribution in [2.24, 2.45) is 0 Å². The number of benzene rings is 1. The van der Waals surface area contributed by atoms with E-state index >= 15 is 0 Å². The van der Waals surface area contributed by atoms with Gasteiger partial charge in [0.05, 0.1) is 5.02 Å². The molecule has 1 aromatic carbocycles. The van der Waals surface area contributed by atoms with Gasteiger partial charge in [-0.2, -0.15) is 0 Å². The Labute approximate surface area is 108 Å². The molecule has 0 saturated heterocycles. The van der Waals surface area contributed by atoms with E-state index in [-0.39, 0.29) is 10.8 Å². The van der Waals surface area contributed by atoms with Gasteiger partial charge < -0.3 is 10.1 Å². The van der Waals surface area contributed by atoms with Crippen molar-refractivity contribution in [3.63, 3.8) is 0 Å². The van der Waals surface area contributed by atoms with Gasteiger partial charge in [-0.05, 0) is 19.2 Å². The zero-order chi connectivity index (χ0) is 13.6. The molecule has 1 aromatic rings. The first-order valence-electron chi connectivity index (χ1n) is 5.11. The molecule has 6 heteroatoms. The van der Waals surface area contributed by atoms with Gasteiger partial charge in [0.25, 0.3) is 0 Å². The van der Waals surface area contributed by atoms with Crippen molar-refractivity contribution >= 4 is 11.6 Å². The van der Waals surface area contributed by atoms with Crippen molar-refractivity contribution < 1.29 is 17.9 Å². The molecule has 0 saturated carbocycles. The van der Waals surface area contributed by atoms with Crippen LogP contribution < -0.4 is 10.1 Å². The molecule has 0 heterocycles. The molecular formula is C12H11ClF3NO. The highest BCUT2D eigenvalue weighted by Crippen LogP contribution is 2.27. The van der Waals surface area contributed by atoms with Gasteiger partial charge in [-0.25, -0.2) is 0 Å². The van der Waals surface area contributed by atoms with E-state index < -0.39 is 6.36 Å². The van der Waals surface area contributed by atoms with E-state index in [4.69, 9.17) is 11.6 Å². The molecule has 0 spiro atoms. The molecule has 0 unspecified atom stereocenters. The standard InChI is InChI=1S/C12H11ClF3NO/c1-17-7-3-2-4-9-5-6-10(8-11(9)13)18-12(14,15)16/h5-6,8,17H,3,7H2,1H3. The molecule has 18 heavy (non-hydrogen) atoms. The first-order chi connectivity index (χ1) is 8.42. The fourth-order valence-corrected chi connectivity index (χ4v) is 1.36. The van der Waals surface area contributed by atoms with Gasteiger partial charge in [0.1, 0.15) is 5.75 Å². The summed E-state index contributed by atoms with van der Waals surface area (Å²) >= 11 is 5.81. The van der Waals surface area contributed by atoms with E-state index in [9.17, 15) is 13.2 Å². The number of alkyl halides is 3. The highest BCUT2D eigenvalue weighted by Gasteiger charge is 2.31. The monoisotopic (exact) mass is 277 g/mol. The number of hydrogen-bond donors (Lipinski definition) is 1. The summed E-state index contributed by atoms with van der Waals surface area (Å²) in [7, 11) is 1.80. The second-order valence-corrected chi connectivity index (χ2v) is 3.75. The third kappa shape index (κ3) is 5.30. The van der Waals surface area contributed by atoms with Gasteiger partial charge in [0, 0.05) is 24.6 Å². The maximum atomic E-state index is 12.0. The number of hydrogen-bond acceptors (Lipinski definition) is 2. The van der Waals surface area contributed by atoms with E-state index in [2.05, 4.69) is 21.9 Å². The molecule has 0 aliphatic carbocycles. The molecule has 1 rings (SSSR count). The van der Waals surface area contributed by atoms with Gasteiger partial charge >= 0.3 is 6.36 Å². The van der Waals surface area contributed by atoms with E-state index in [1.54, 1.807) is 7.05 Å². The van der Waals surface area contributed by atoms with Crippen molar-refractivity contribution in [3.05, 3.63) is 28.8 Å². The average Bonchev–Trinajstić information content (AvgIpc) is 2.24. The number of ether oxygens (including phenoxy) is 1. The Morgan fingerprint density at radius 3 is 2.67 bits per heavy atom. The summed E-state index contributed by atoms with van der Waals surface area (Å²) in [5.41, 5.74) is 0.474. The van der Waals surface area contributed by atoms with E-state index in [1.807, 2.05) is 0 Å². The van der Waals surface area contributed by atoms with Crippen LogP contribution in [0.1, 0.15) is 12.0 Å². The van der Waals surface area contributed by atoms with Gasteiger partial charge in [-0.3, -0.25) is 0 Å². The lowest BCUT2D eigenvalue weighted by Gasteiger charge is -2.09. The molecule has 0 radical (unpaired) electrons. The first kappa shape index (κ1) is 14.7. The lowest BCUT2D eigenvalue weighted by molar-refractivity contribution is -0.274. The van der Waals surface area contributed by atoms with Gasteiger partial charge in [0.15, 0.2) is 0 Å². The maximum absolute atomic E-state index is 12.0. The third-order valence-corrected chi connectivity index (χ3v) is 2.21. The van der Waals surface area contributed by atoms with Crippen LogP contribution in [0, 0.1) is 11.8 Å². The van der Waals surface area contributed by atoms with Crippen LogP contribution in [0.2, 0.25) is 5.02 Å². The van der Waals surface area contributed by atoms with Gasteiger partial charge in [-0.1, -0.05) is 23.4 Å². The van der Waals surface area contributed by atoms with E-state index in [1.165, 1.54) is 12.1 Å². The van der Waals surface area contributed by atoms with Crippen LogP contribution in [-0.4, -0.2) is 20.0 Å². The Morgan fingerprint density at radius 2 is 2.11 bits per heavy atom. The van der Waals surface area contributed by atoms with Crippen molar-refractivity contribution in [2.45, 2.75) is 12.8 Å². The quantitative estimate of drug-likeness (QED) is 0.677. The molecule has 0 aliphatic rings. The third-order valence-electron chi connectivity index (χ3n) is 1.90. The predicted octanol–water partition coefficient (Wildman–Crippen LogP) is 3.20. The summed E-state index contributed by atoms with van der Waals surface area (Å²) in [6.07, 6.45) is -4.09. The number of halogens is 4. The molecule has 0 amide bonds. The van der Waals surface area contributed by atoms with Crippen LogP contribution in [0.4, 0.5) is 13.2 Å². The molecular weight excluding hydrogens is 267 g/mol. The van der Waals surface area contributed by atoms with Crippen molar-refractivity contribution in [1.29, 1.82) is 0 Å². The summed E-state index contributed by atoms with van der Waals surface area (Å²) in [6.45, 7) is 0.736.